The molecule has 0 radical (unpaired) electrons. The third-order valence-corrected chi connectivity index (χ3v) is 17.8. The van der Waals surface area contributed by atoms with Gasteiger partial charge in [0.1, 0.15) is 0 Å². The van der Waals surface area contributed by atoms with Crippen molar-refractivity contribution in [3.05, 3.63) is 314 Å². The van der Waals surface area contributed by atoms with Crippen LogP contribution in [0.4, 0.5) is 0 Å². The molecule has 18 aromatic rings. The van der Waals surface area contributed by atoms with Gasteiger partial charge in [0, 0.05) is 65.8 Å². The van der Waals surface area contributed by atoms with Gasteiger partial charge in [-0.3, -0.25) is 9.13 Å². The lowest BCUT2D eigenvalue weighted by Crippen LogP contribution is -2.22. The van der Waals surface area contributed by atoms with Crippen molar-refractivity contribution in [1.29, 1.82) is 0 Å². The highest BCUT2D eigenvalue weighted by Crippen LogP contribution is 2.41. The molecule has 402 valence electrons. The second-order valence-electron chi connectivity index (χ2n) is 22.5. The Bertz CT molecular complexity index is 5060. The molecule has 18 rings (SSSR count). The SMILES string of the molecule is O=c1n(-c2cccc(-c3cc(-n4c5ccccc5c5ccccc54)cc(-n4c5ccccc5c5ccccc54)c3)c2)c2ccccc2n1-c1cccc(-c2cc(-n3c4ccccc4c4ccccc43)cc(-n3c4ccccc4c4ccccc43)c2)c1. The quantitative estimate of drug-likeness (QED) is 0.150. The van der Waals surface area contributed by atoms with Crippen LogP contribution in [0.15, 0.2) is 308 Å². The Labute approximate surface area is 493 Å². The number of hydrogen-bond donors (Lipinski definition) is 0. The third-order valence-electron chi connectivity index (χ3n) is 17.8. The first kappa shape index (κ1) is 47.9. The predicted octanol–water partition coefficient (Wildman–Crippen LogP) is 19.5. The van der Waals surface area contributed by atoms with E-state index in [-0.39, 0.29) is 5.69 Å². The molecule has 0 bridgehead atoms. The number of rotatable bonds is 8. The lowest BCUT2D eigenvalue weighted by atomic mass is 10.0. The van der Waals surface area contributed by atoms with Crippen molar-refractivity contribution in [3.63, 3.8) is 0 Å². The molecule has 0 aliphatic carbocycles. The molecule has 0 spiro atoms. The van der Waals surface area contributed by atoms with Crippen LogP contribution in [0.2, 0.25) is 0 Å². The average molecular weight is 1100 g/mol. The van der Waals surface area contributed by atoms with E-state index in [2.05, 4.69) is 309 Å². The van der Waals surface area contributed by atoms with Gasteiger partial charge in [-0.15, -0.1) is 0 Å². The minimum atomic E-state index is -0.157. The normalized spacial score (nSPS) is 12.0. The van der Waals surface area contributed by atoms with Gasteiger partial charge < -0.3 is 18.3 Å². The van der Waals surface area contributed by atoms with Gasteiger partial charge >= 0.3 is 5.69 Å². The van der Waals surface area contributed by atoms with Gasteiger partial charge in [-0.2, -0.15) is 0 Å². The highest BCUT2D eigenvalue weighted by atomic mass is 16.1. The molecule has 0 amide bonds. The fraction of sp³-hybridized carbons (Fsp3) is 0. The first-order valence-corrected chi connectivity index (χ1v) is 29.3. The van der Waals surface area contributed by atoms with E-state index in [1.54, 1.807) is 0 Å². The Kier molecular flexibility index (Phi) is 10.4. The van der Waals surface area contributed by atoms with E-state index in [0.29, 0.717) is 0 Å². The average Bonchev–Trinajstić information content (AvgIpc) is 3.26. The molecule has 0 unspecified atom stereocenters. The maximum Gasteiger partial charge on any atom is 0.338 e. The van der Waals surface area contributed by atoms with Gasteiger partial charge in [0.05, 0.1) is 66.5 Å². The number of benzene rings is 13. The van der Waals surface area contributed by atoms with Crippen LogP contribution in [0.25, 0.3) is 155 Å². The molecule has 5 aromatic heterocycles. The van der Waals surface area contributed by atoms with Crippen LogP contribution in [-0.4, -0.2) is 27.4 Å². The molecule has 0 aliphatic heterocycles. The number of hydrogen-bond acceptors (Lipinski definition) is 1. The zero-order chi connectivity index (χ0) is 56.6. The highest BCUT2D eigenvalue weighted by molar-refractivity contribution is 6.13. The van der Waals surface area contributed by atoms with E-state index in [1.165, 1.54) is 43.1 Å². The zero-order valence-corrected chi connectivity index (χ0v) is 46.5. The van der Waals surface area contributed by atoms with E-state index in [9.17, 15) is 0 Å². The summed E-state index contributed by atoms with van der Waals surface area (Å²) in [6.45, 7) is 0. The van der Waals surface area contributed by atoms with Crippen LogP contribution in [0.5, 0.6) is 0 Å². The monoisotopic (exact) mass is 1100 g/mol. The van der Waals surface area contributed by atoms with Crippen LogP contribution >= 0.6 is 0 Å². The van der Waals surface area contributed by atoms with Crippen LogP contribution in [-0.2, 0) is 0 Å². The second kappa shape index (κ2) is 18.7. The zero-order valence-electron chi connectivity index (χ0n) is 46.5. The molecule has 86 heavy (non-hydrogen) atoms. The largest absolute Gasteiger partial charge is 0.338 e. The van der Waals surface area contributed by atoms with Gasteiger partial charge in [-0.1, -0.05) is 182 Å². The first-order chi connectivity index (χ1) is 42.6. The Balaban J connectivity index is 0.816. The molecule has 0 atom stereocenters. The van der Waals surface area contributed by atoms with Crippen LogP contribution < -0.4 is 5.69 Å². The molecular formula is C79H50N6O. The maximum atomic E-state index is 15.7. The highest BCUT2D eigenvalue weighted by Gasteiger charge is 2.22. The Hall–Kier alpha value is -11.7. The maximum absolute atomic E-state index is 15.7. The number of imidazole rings is 1. The summed E-state index contributed by atoms with van der Waals surface area (Å²) in [5.41, 5.74) is 20.3. The van der Waals surface area contributed by atoms with E-state index in [1.807, 2.05) is 21.3 Å². The minimum absolute atomic E-state index is 0.157. The van der Waals surface area contributed by atoms with Gasteiger partial charge in [0.2, 0.25) is 0 Å². The summed E-state index contributed by atoms with van der Waals surface area (Å²) >= 11 is 0. The molecule has 0 aliphatic rings. The van der Waals surface area contributed by atoms with Crippen LogP contribution in [0.3, 0.4) is 0 Å². The summed E-state index contributed by atoms with van der Waals surface area (Å²) in [6, 6.07) is 108. The van der Waals surface area contributed by atoms with Crippen molar-refractivity contribution in [2.24, 2.45) is 0 Å². The van der Waals surface area contributed by atoms with Crippen LogP contribution in [0, 0.1) is 0 Å². The number of fused-ring (bicyclic) bond motifs is 13. The molecule has 7 nitrogen and oxygen atoms in total. The number of para-hydroxylation sites is 10. The lowest BCUT2D eigenvalue weighted by Gasteiger charge is -2.16. The molecule has 7 heteroatoms. The van der Waals surface area contributed by atoms with E-state index >= 15 is 4.79 Å². The third kappa shape index (κ3) is 7.12. The van der Waals surface area contributed by atoms with E-state index < -0.39 is 0 Å². The van der Waals surface area contributed by atoms with Crippen molar-refractivity contribution in [2.45, 2.75) is 0 Å². The summed E-state index contributed by atoms with van der Waals surface area (Å²) in [5.74, 6) is 0. The molecule has 13 aromatic carbocycles. The molecule has 0 fully saturated rings. The van der Waals surface area contributed by atoms with E-state index in [4.69, 9.17) is 0 Å². The van der Waals surface area contributed by atoms with Crippen molar-refractivity contribution in [3.8, 4) is 56.4 Å². The first-order valence-electron chi connectivity index (χ1n) is 29.3. The van der Waals surface area contributed by atoms with Gasteiger partial charge in [-0.05, 0) is 144 Å². The lowest BCUT2D eigenvalue weighted by molar-refractivity contribution is 0.931. The predicted molar refractivity (Wildman–Crippen MR) is 357 cm³/mol. The van der Waals surface area contributed by atoms with Gasteiger partial charge in [-0.25, -0.2) is 4.79 Å². The smallest absolute Gasteiger partial charge is 0.309 e. The summed E-state index contributed by atoms with van der Waals surface area (Å²) in [5, 5.41) is 9.61. The molecule has 0 saturated carbocycles. The summed E-state index contributed by atoms with van der Waals surface area (Å²) in [7, 11) is 0. The van der Waals surface area contributed by atoms with Crippen molar-refractivity contribution in [1.82, 2.24) is 27.4 Å². The fourth-order valence-corrected chi connectivity index (χ4v) is 14.1. The Morgan fingerprint density at radius 3 is 0.616 bits per heavy atom. The molecule has 0 saturated heterocycles. The van der Waals surface area contributed by atoms with Crippen LogP contribution in [0.1, 0.15) is 0 Å². The summed E-state index contributed by atoms with van der Waals surface area (Å²) in [6.07, 6.45) is 0. The van der Waals surface area contributed by atoms with Gasteiger partial charge in [0.15, 0.2) is 0 Å². The Morgan fingerprint density at radius 2 is 0.372 bits per heavy atom. The van der Waals surface area contributed by atoms with Gasteiger partial charge in [0.25, 0.3) is 0 Å². The molecule has 5 heterocycles. The fourth-order valence-electron chi connectivity index (χ4n) is 14.1. The minimum Gasteiger partial charge on any atom is -0.309 e. The second-order valence-corrected chi connectivity index (χ2v) is 22.5. The number of aromatic nitrogens is 6. The molecular weight excluding hydrogens is 1050 g/mol. The van der Waals surface area contributed by atoms with Crippen molar-refractivity contribution >= 4 is 98.3 Å². The standard InChI is InChI=1S/C79H50N6O/c86-79-84(55-23-19-21-51(43-55)53-45-57(80-69-33-9-1-25-61(69)62-26-2-10-34-70(62)80)49-58(46-53)81-71-35-11-3-27-63(71)64-28-4-12-36-72(64)81)77-41-17-18-42-78(77)85(79)56-24-20-22-52(44-56)54-47-59(82-73-37-13-5-29-65(73)66-30-6-14-38-74(66)82)50-60(48-54)83-75-39-15-7-31-67(75)68-32-8-16-40-76(68)83/h1-50H. The number of nitrogens with zero attached hydrogens (tertiary/aromatic N) is 6. The van der Waals surface area contributed by atoms with E-state index in [0.717, 1.165) is 112 Å². The molecule has 0 N–H and O–H groups in total. The topological polar surface area (TPSA) is 46.6 Å². The summed E-state index contributed by atoms with van der Waals surface area (Å²) < 4.78 is 13.3. The van der Waals surface area contributed by atoms with Crippen molar-refractivity contribution in [2.75, 3.05) is 0 Å². The summed E-state index contributed by atoms with van der Waals surface area (Å²) in [4.78, 5) is 15.7. The van der Waals surface area contributed by atoms with Crippen molar-refractivity contribution < 1.29 is 0 Å². The Morgan fingerprint density at radius 1 is 0.163 bits per heavy atom.